The monoisotopic (exact) mass is 890 g/mol. The van der Waals surface area contributed by atoms with Gasteiger partial charge in [-0.15, -0.1) is 0 Å². The lowest BCUT2D eigenvalue weighted by Gasteiger charge is -2.27. The largest absolute Gasteiger partial charge is 0.494 e. The lowest BCUT2D eigenvalue weighted by atomic mass is 9.78. The van der Waals surface area contributed by atoms with E-state index in [1.165, 1.54) is 11.1 Å². The summed E-state index contributed by atoms with van der Waals surface area (Å²) in [7, 11) is 0. The molecule has 1 atom stereocenters. The number of nitrogens with zero attached hydrogens (tertiary/aromatic N) is 4. The van der Waals surface area contributed by atoms with Crippen LogP contribution < -0.4 is 25.0 Å². The van der Waals surface area contributed by atoms with E-state index in [0.29, 0.717) is 58.5 Å². The number of nitrogens with one attached hydrogen (secondary N) is 2. The number of fused-ring (bicyclic) bond motifs is 1. The number of anilines is 2. The second kappa shape index (κ2) is 23.3. The second-order valence-corrected chi connectivity index (χ2v) is 17.1. The van der Waals surface area contributed by atoms with Crippen molar-refractivity contribution in [1.82, 2.24) is 20.2 Å². The van der Waals surface area contributed by atoms with Crippen molar-refractivity contribution < 1.29 is 42.9 Å². The Labute approximate surface area is 381 Å². The predicted molar refractivity (Wildman–Crippen MR) is 245 cm³/mol. The van der Waals surface area contributed by atoms with Gasteiger partial charge in [0, 0.05) is 69.8 Å². The first-order valence-corrected chi connectivity index (χ1v) is 23.0. The normalized spacial score (nSPS) is 16.4. The van der Waals surface area contributed by atoms with E-state index < -0.39 is 29.7 Å². The summed E-state index contributed by atoms with van der Waals surface area (Å²) in [4.78, 5) is 62.0. The molecule has 2 saturated heterocycles. The Morgan fingerprint density at radius 3 is 2.06 bits per heavy atom. The zero-order valence-electron chi connectivity index (χ0n) is 37.7. The molecule has 0 bridgehead atoms. The van der Waals surface area contributed by atoms with E-state index in [-0.39, 0.29) is 29.4 Å². The molecule has 15 heteroatoms. The topological polar surface area (TPSA) is 171 Å². The summed E-state index contributed by atoms with van der Waals surface area (Å²) in [6.07, 6.45) is 9.06. The highest BCUT2D eigenvalue weighted by molar-refractivity contribution is 6.23. The number of carbonyl (C=O) groups is 4. The van der Waals surface area contributed by atoms with Gasteiger partial charge >= 0.3 is 0 Å². The van der Waals surface area contributed by atoms with Crippen molar-refractivity contribution in [3.8, 4) is 11.5 Å². The maximum absolute atomic E-state index is 13.0. The molecule has 3 aromatic carbocycles. The second-order valence-electron chi connectivity index (χ2n) is 17.1. The number of piperidine rings is 1. The number of amides is 4. The summed E-state index contributed by atoms with van der Waals surface area (Å²) < 4.78 is 29.2. The highest BCUT2D eigenvalue weighted by Crippen LogP contribution is 2.34. The summed E-state index contributed by atoms with van der Waals surface area (Å²) in [5.41, 5.74) is 4.30. The molecular weight excluding hydrogens is 829 g/mol. The maximum Gasteiger partial charge on any atom is 0.262 e. The zero-order valence-corrected chi connectivity index (χ0v) is 37.7. The Morgan fingerprint density at radius 1 is 0.723 bits per heavy atom. The van der Waals surface area contributed by atoms with Crippen molar-refractivity contribution in [2.75, 3.05) is 76.1 Å². The van der Waals surface area contributed by atoms with E-state index in [4.69, 9.17) is 28.7 Å². The molecule has 3 aliphatic rings. The molecule has 1 aromatic heterocycles. The first-order valence-electron chi connectivity index (χ1n) is 23.0. The van der Waals surface area contributed by atoms with Crippen LogP contribution in [0.15, 0.2) is 79.0 Å². The van der Waals surface area contributed by atoms with Crippen LogP contribution in [0.25, 0.3) is 0 Å². The van der Waals surface area contributed by atoms with Crippen molar-refractivity contribution in [3.05, 3.63) is 107 Å². The summed E-state index contributed by atoms with van der Waals surface area (Å²) in [5.74, 6) is 0.362. The van der Waals surface area contributed by atoms with Crippen LogP contribution in [-0.4, -0.2) is 110 Å². The zero-order chi connectivity index (χ0) is 45.4. The van der Waals surface area contributed by atoms with Crippen molar-refractivity contribution in [2.45, 2.75) is 89.7 Å². The Balaban J connectivity index is 0.676. The van der Waals surface area contributed by atoms with E-state index in [0.717, 1.165) is 92.7 Å². The fourth-order valence-corrected chi connectivity index (χ4v) is 8.12. The Bertz CT molecular complexity index is 2210. The fraction of sp³-hybridized carbons (Fsp3) is 0.480. The fourth-order valence-electron chi connectivity index (χ4n) is 8.12. The minimum Gasteiger partial charge on any atom is -0.494 e. The highest BCUT2D eigenvalue weighted by atomic mass is 16.5. The van der Waals surface area contributed by atoms with Gasteiger partial charge in [-0.3, -0.25) is 29.4 Å². The number of unbranched alkanes of at least 4 members (excludes halogenated alkanes) is 4. The van der Waals surface area contributed by atoms with E-state index in [9.17, 15) is 19.2 Å². The van der Waals surface area contributed by atoms with Crippen molar-refractivity contribution >= 4 is 35.3 Å². The first kappa shape index (κ1) is 47.1. The number of rotatable bonds is 25. The molecule has 346 valence electrons. The number of ether oxygens (including phenoxy) is 5. The Hall–Kier alpha value is -5.90. The van der Waals surface area contributed by atoms with Gasteiger partial charge in [-0.2, -0.15) is 0 Å². The van der Waals surface area contributed by atoms with Crippen molar-refractivity contribution in [1.29, 1.82) is 0 Å². The molecule has 4 heterocycles. The van der Waals surface area contributed by atoms with Gasteiger partial charge < -0.3 is 33.9 Å². The SMILES string of the molecule is CC(C)(c1ccc(OCCCCCCCOCCCOCCCNc2ccc3c(c2)C(=O)N(C2CCC(=O)NC2=O)C3=O)cc1)c1ccc(OCc2ccnc(N3CCOCC3)n2)cc1. The van der Waals surface area contributed by atoms with Crippen LogP contribution in [0.3, 0.4) is 0 Å². The Morgan fingerprint density at radius 2 is 1.35 bits per heavy atom. The van der Waals surface area contributed by atoms with Crippen molar-refractivity contribution in [2.24, 2.45) is 0 Å². The third-order valence-corrected chi connectivity index (χ3v) is 12.0. The number of hydrogen-bond acceptors (Lipinski definition) is 13. The molecule has 1 unspecified atom stereocenters. The maximum atomic E-state index is 13.0. The van der Waals surface area contributed by atoms with E-state index in [1.54, 1.807) is 24.4 Å². The van der Waals surface area contributed by atoms with Crippen LogP contribution in [0.4, 0.5) is 11.6 Å². The molecule has 4 aromatic rings. The summed E-state index contributed by atoms with van der Waals surface area (Å²) in [6.45, 7) is 11.8. The smallest absolute Gasteiger partial charge is 0.262 e. The first-order chi connectivity index (χ1) is 31.7. The van der Waals surface area contributed by atoms with Crippen LogP contribution in [0.5, 0.6) is 11.5 Å². The van der Waals surface area contributed by atoms with Gasteiger partial charge in [0.25, 0.3) is 11.8 Å². The van der Waals surface area contributed by atoms with E-state index >= 15 is 0 Å². The van der Waals surface area contributed by atoms with Gasteiger partial charge in [-0.05, 0) is 91.8 Å². The van der Waals surface area contributed by atoms with Gasteiger partial charge in [-0.25, -0.2) is 9.97 Å². The summed E-state index contributed by atoms with van der Waals surface area (Å²) >= 11 is 0. The Kier molecular flexibility index (Phi) is 16.9. The standard InChI is InChI=1S/C50H62N6O9/c1-50(2,37-12-17-41(18-13-37)65-35-39-22-24-52-49(53-39)55-25-32-63-33-26-55)36-10-15-40(16-11-36)64-31-7-5-3-4-6-27-61-29-9-30-62-28-8-23-51-38-14-19-42-43(34-38)48(60)56(47(42)59)44-20-21-45(57)54-46(44)58/h10-19,22,24,34,44,51H,3-9,20-21,23,25-33,35H2,1-2H3,(H,54,57,58). The van der Waals surface area contributed by atoms with Gasteiger partial charge in [0.05, 0.1) is 36.6 Å². The summed E-state index contributed by atoms with van der Waals surface area (Å²) in [6, 6.07) is 22.7. The highest BCUT2D eigenvalue weighted by Gasteiger charge is 2.44. The van der Waals surface area contributed by atoms with E-state index in [1.807, 2.05) is 18.2 Å². The average molecular weight is 891 g/mol. The van der Waals surface area contributed by atoms with Crippen molar-refractivity contribution in [3.63, 3.8) is 0 Å². The van der Waals surface area contributed by atoms with Crippen LogP contribution in [0.2, 0.25) is 0 Å². The van der Waals surface area contributed by atoms with Gasteiger partial charge in [0.1, 0.15) is 24.1 Å². The number of morpholine rings is 1. The molecule has 3 aliphatic heterocycles. The quantitative estimate of drug-likeness (QED) is 0.0522. The molecule has 4 amide bonds. The lowest BCUT2D eigenvalue weighted by molar-refractivity contribution is -0.136. The van der Waals surface area contributed by atoms with Crippen LogP contribution in [0, 0.1) is 0 Å². The van der Waals surface area contributed by atoms with Gasteiger partial charge in [0.2, 0.25) is 17.8 Å². The van der Waals surface area contributed by atoms with Crippen LogP contribution in [0.1, 0.15) is 109 Å². The molecule has 0 saturated carbocycles. The molecule has 0 radical (unpaired) electrons. The third kappa shape index (κ3) is 12.9. The molecule has 7 rings (SSSR count). The minimum atomic E-state index is -0.975. The average Bonchev–Trinajstić information content (AvgIpc) is 3.57. The summed E-state index contributed by atoms with van der Waals surface area (Å²) in [5, 5.41) is 5.48. The molecule has 0 spiro atoms. The molecule has 2 N–H and O–H groups in total. The lowest BCUT2D eigenvalue weighted by Crippen LogP contribution is -2.54. The minimum absolute atomic E-state index is 0.0877. The van der Waals surface area contributed by atoms with E-state index in [2.05, 4.69) is 70.8 Å². The van der Waals surface area contributed by atoms with Crippen LogP contribution in [-0.2, 0) is 35.8 Å². The molecular formula is C50H62N6O9. The number of carbonyl (C=O) groups excluding carboxylic acids is 4. The molecule has 65 heavy (non-hydrogen) atoms. The molecule has 0 aliphatic carbocycles. The number of imide groups is 2. The number of aromatic nitrogens is 2. The van der Waals surface area contributed by atoms with Gasteiger partial charge in [0.15, 0.2) is 0 Å². The van der Waals surface area contributed by atoms with Gasteiger partial charge in [-0.1, -0.05) is 57.4 Å². The molecule has 15 nitrogen and oxygen atoms in total. The van der Waals surface area contributed by atoms with Crippen LogP contribution >= 0.6 is 0 Å². The predicted octanol–water partition coefficient (Wildman–Crippen LogP) is 6.87. The third-order valence-electron chi connectivity index (χ3n) is 12.0. The number of benzene rings is 3. The molecule has 2 fully saturated rings. The number of hydrogen-bond donors (Lipinski definition) is 2.